The zero-order valence-corrected chi connectivity index (χ0v) is 19.4. The van der Waals surface area contributed by atoms with Gasteiger partial charge in [-0.2, -0.15) is 0 Å². The van der Waals surface area contributed by atoms with Crippen LogP contribution in [0.25, 0.3) is 12.2 Å². The molecule has 0 fully saturated rings. The van der Waals surface area contributed by atoms with Gasteiger partial charge in [-0.05, 0) is 81.2 Å². The molecule has 160 valence electrons. The van der Waals surface area contributed by atoms with Crippen molar-refractivity contribution >= 4 is 46.2 Å². The van der Waals surface area contributed by atoms with E-state index in [0.29, 0.717) is 10.6 Å². The molecule has 8 nitrogen and oxygen atoms in total. The van der Waals surface area contributed by atoms with E-state index < -0.39 is 23.4 Å². The van der Waals surface area contributed by atoms with Crippen molar-refractivity contribution in [2.45, 2.75) is 52.7 Å². The molecule has 30 heavy (non-hydrogen) atoms. The molecule has 0 spiro atoms. The van der Waals surface area contributed by atoms with Gasteiger partial charge in [0.15, 0.2) is 0 Å². The quantitative estimate of drug-likeness (QED) is 0.578. The fraction of sp³-hybridized carbons (Fsp3) is 0.381. The smallest absolute Gasteiger partial charge is 0.427 e. The van der Waals surface area contributed by atoms with Gasteiger partial charge in [-0.3, -0.25) is 4.98 Å². The Hall–Kier alpha value is -2.81. The average molecular weight is 477 g/mol. The second kappa shape index (κ2) is 9.34. The predicted molar refractivity (Wildman–Crippen MR) is 118 cm³/mol. The third-order valence-corrected chi connectivity index (χ3v) is 3.62. The van der Waals surface area contributed by atoms with E-state index in [1.165, 1.54) is 6.20 Å². The summed E-state index contributed by atoms with van der Waals surface area (Å²) in [6.07, 6.45) is 6.49. The summed E-state index contributed by atoms with van der Waals surface area (Å²) in [5, 5.41) is 0. The molecule has 0 bridgehead atoms. The molecule has 0 saturated heterocycles. The second-order valence-electron chi connectivity index (χ2n) is 8.35. The van der Waals surface area contributed by atoms with Crippen LogP contribution in [0.5, 0.6) is 0 Å². The first-order valence-electron chi connectivity index (χ1n) is 9.22. The van der Waals surface area contributed by atoms with Crippen LogP contribution < -0.4 is 4.90 Å². The van der Waals surface area contributed by atoms with E-state index in [9.17, 15) is 9.59 Å². The molecule has 0 aromatic carbocycles. The van der Waals surface area contributed by atoms with Gasteiger partial charge in [0.05, 0.1) is 5.69 Å². The topological polar surface area (TPSA) is 94.5 Å². The van der Waals surface area contributed by atoms with Crippen molar-refractivity contribution in [3.05, 3.63) is 46.5 Å². The van der Waals surface area contributed by atoms with Crippen molar-refractivity contribution in [1.82, 2.24) is 15.0 Å². The Morgan fingerprint density at radius 1 is 1.00 bits per heavy atom. The normalized spacial score (nSPS) is 12.0. The van der Waals surface area contributed by atoms with Gasteiger partial charge in [-0.1, -0.05) is 6.08 Å². The first-order valence-corrected chi connectivity index (χ1v) is 10.0. The highest BCUT2D eigenvalue weighted by Gasteiger charge is 2.34. The van der Waals surface area contributed by atoms with E-state index in [1.54, 1.807) is 72.2 Å². The Labute approximate surface area is 184 Å². The van der Waals surface area contributed by atoms with Crippen LogP contribution in [-0.4, -0.2) is 38.3 Å². The van der Waals surface area contributed by atoms with E-state index in [-0.39, 0.29) is 5.95 Å². The molecular weight excluding hydrogens is 452 g/mol. The molecule has 0 aliphatic heterocycles. The van der Waals surface area contributed by atoms with Crippen LogP contribution in [-0.2, 0) is 9.47 Å². The number of hydrogen-bond acceptors (Lipinski definition) is 7. The van der Waals surface area contributed by atoms with Crippen molar-refractivity contribution in [3.8, 4) is 0 Å². The molecule has 2 aromatic rings. The van der Waals surface area contributed by atoms with Gasteiger partial charge in [0.25, 0.3) is 0 Å². The molecule has 0 N–H and O–H groups in total. The average Bonchev–Trinajstić information content (AvgIpc) is 2.57. The maximum absolute atomic E-state index is 12.7. The van der Waals surface area contributed by atoms with Crippen molar-refractivity contribution in [3.63, 3.8) is 0 Å². The molecule has 0 atom stereocenters. The number of hydrogen-bond donors (Lipinski definition) is 0. The molecule has 9 heteroatoms. The SMILES string of the molecule is CC(C)(C)OC(=O)N(C(=O)OC(C)(C)C)c1nccc(C=Cc2cncc(Br)c2)n1. The minimum absolute atomic E-state index is 0.145. The lowest BCUT2D eigenvalue weighted by Gasteiger charge is -2.27. The number of aromatic nitrogens is 3. The molecule has 0 aliphatic rings. The lowest BCUT2D eigenvalue weighted by atomic mass is 10.2. The molecule has 2 heterocycles. The maximum Gasteiger partial charge on any atom is 0.427 e. The highest BCUT2D eigenvalue weighted by Crippen LogP contribution is 2.19. The number of anilines is 1. The third kappa shape index (κ3) is 7.55. The van der Waals surface area contributed by atoms with Crippen molar-refractivity contribution < 1.29 is 19.1 Å². The Kier molecular flexibility index (Phi) is 7.30. The van der Waals surface area contributed by atoms with E-state index >= 15 is 0 Å². The first kappa shape index (κ1) is 23.5. The van der Waals surface area contributed by atoms with Gasteiger partial charge in [-0.25, -0.2) is 19.6 Å². The van der Waals surface area contributed by atoms with Crippen LogP contribution in [0.4, 0.5) is 15.5 Å². The number of halogens is 1. The largest absolute Gasteiger partial charge is 0.443 e. The fourth-order valence-electron chi connectivity index (χ4n) is 2.12. The summed E-state index contributed by atoms with van der Waals surface area (Å²) in [6, 6.07) is 3.53. The molecular formula is C21H25BrN4O4. The highest BCUT2D eigenvalue weighted by molar-refractivity contribution is 9.10. The summed E-state index contributed by atoms with van der Waals surface area (Å²) < 4.78 is 11.5. The van der Waals surface area contributed by atoms with Gasteiger partial charge in [0.2, 0.25) is 5.95 Å². The molecule has 2 amide bonds. The lowest BCUT2D eigenvalue weighted by Crippen LogP contribution is -2.44. The number of carbonyl (C=O) groups is 2. The monoisotopic (exact) mass is 476 g/mol. The van der Waals surface area contributed by atoms with Crippen LogP contribution >= 0.6 is 15.9 Å². The van der Waals surface area contributed by atoms with Crippen molar-refractivity contribution in [1.29, 1.82) is 0 Å². The Bertz CT molecular complexity index is 921. The summed E-state index contributed by atoms with van der Waals surface area (Å²) in [4.78, 5) is 38.6. The van der Waals surface area contributed by atoms with Crippen LogP contribution in [0, 0.1) is 0 Å². The fourth-order valence-corrected chi connectivity index (χ4v) is 2.50. The van der Waals surface area contributed by atoms with Gasteiger partial charge in [-0.15, -0.1) is 4.90 Å². The minimum Gasteiger partial charge on any atom is -0.443 e. The van der Waals surface area contributed by atoms with Gasteiger partial charge < -0.3 is 9.47 Å². The maximum atomic E-state index is 12.7. The third-order valence-electron chi connectivity index (χ3n) is 3.19. The second-order valence-corrected chi connectivity index (χ2v) is 9.26. The van der Waals surface area contributed by atoms with Gasteiger partial charge in [0.1, 0.15) is 11.2 Å². The van der Waals surface area contributed by atoms with Crippen LogP contribution in [0.2, 0.25) is 0 Å². The summed E-state index contributed by atoms with van der Waals surface area (Å²) in [5.41, 5.74) is -0.303. The molecule has 0 radical (unpaired) electrons. The zero-order chi connectivity index (χ0) is 22.5. The molecule has 2 rings (SSSR count). The standard InChI is InChI=1S/C21H25BrN4O4/c1-20(2,3)29-18(27)26(19(28)30-21(4,5)6)17-24-10-9-16(25-17)8-7-14-11-15(22)13-23-12-14/h7-13H,1-6H3. The predicted octanol–water partition coefficient (Wildman–Crippen LogP) is 5.48. The Morgan fingerprint density at radius 3 is 2.13 bits per heavy atom. The lowest BCUT2D eigenvalue weighted by molar-refractivity contribution is 0.0427. The van der Waals surface area contributed by atoms with E-state index in [1.807, 2.05) is 6.07 Å². The number of imide groups is 1. The number of amides is 2. The minimum atomic E-state index is -0.922. The summed E-state index contributed by atoms with van der Waals surface area (Å²) in [6.45, 7) is 10.2. The highest BCUT2D eigenvalue weighted by atomic mass is 79.9. The Morgan fingerprint density at radius 2 is 1.60 bits per heavy atom. The Balaban J connectivity index is 2.36. The number of carbonyl (C=O) groups excluding carboxylic acids is 2. The molecule has 0 aliphatic carbocycles. The van der Waals surface area contributed by atoms with E-state index in [2.05, 4.69) is 30.9 Å². The molecule has 2 aromatic heterocycles. The molecule has 0 unspecified atom stereocenters. The number of nitrogens with zero attached hydrogens (tertiary/aromatic N) is 4. The summed E-state index contributed by atoms with van der Waals surface area (Å²) in [5.74, 6) is -0.145. The van der Waals surface area contributed by atoms with Crippen molar-refractivity contribution in [2.24, 2.45) is 0 Å². The summed E-state index contributed by atoms with van der Waals surface area (Å²) in [7, 11) is 0. The van der Waals surface area contributed by atoms with Gasteiger partial charge >= 0.3 is 12.2 Å². The first-order chi connectivity index (χ1) is 13.8. The van der Waals surface area contributed by atoms with Crippen LogP contribution in [0.15, 0.2) is 35.2 Å². The number of rotatable bonds is 3. The zero-order valence-electron chi connectivity index (χ0n) is 17.8. The van der Waals surface area contributed by atoms with Crippen LogP contribution in [0.1, 0.15) is 52.8 Å². The van der Waals surface area contributed by atoms with E-state index in [0.717, 1.165) is 10.0 Å². The van der Waals surface area contributed by atoms with Crippen molar-refractivity contribution in [2.75, 3.05) is 4.90 Å². The number of pyridine rings is 1. The molecule has 0 saturated carbocycles. The van der Waals surface area contributed by atoms with Gasteiger partial charge in [0, 0.05) is 23.1 Å². The summed E-state index contributed by atoms with van der Waals surface area (Å²) >= 11 is 3.37. The van der Waals surface area contributed by atoms with Crippen LogP contribution in [0.3, 0.4) is 0 Å². The number of ether oxygens (including phenoxy) is 2. The van der Waals surface area contributed by atoms with E-state index in [4.69, 9.17) is 9.47 Å².